The second-order valence-electron chi connectivity index (χ2n) is 4.55. The molecule has 2 rings (SSSR count). The Morgan fingerprint density at radius 3 is 2.38 bits per heavy atom. The second kappa shape index (κ2) is 5.14. The van der Waals surface area contributed by atoms with Gasteiger partial charge in [-0.15, -0.1) is 0 Å². The number of ether oxygens (including phenoxy) is 1. The SMILES string of the molecule is COc1cnc(NC2CCC(C)CC2)nc1. The van der Waals surface area contributed by atoms with E-state index >= 15 is 0 Å². The van der Waals surface area contributed by atoms with Crippen molar-refractivity contribution < 1.29 is 4.74 Å². The van der Waals surface area contributed by atoms with Crippen molar-refractivity contribution in [2.45, 2.75) is 38.6 Å². The standard InChI is InChI=1S/C12H19N3O/c1-9-3-5-10(6-4-9)15-12-13-7-11(16-2)8-14-12/h7-10H,3-6H2,1-2H3,(H,13,14,15). The number of rotatable bonds is 3. The second-order valence-corrected chi connectivity index (χ2v) is 4.55. The molecule has 1 N–H and O–H groups in total. The molecular formula is C12H19N3O. The molecule has 4 nitrogen and oxygen atoms in total. The number of methoxy groups -OCH3 is 1. The Labute approximate surface area is 96.4 Å². The molecule has 0 spiro atoms. The lowest BCUT2D eigenvalue weighted by atomic mass is 9.87. The van der Waals surface area contributed by atoms with E-state index in [-0.39, 0.29) is 0 Å². The fourth-order valence-electron chi connectivity index (χ4n) is 2.08. The van der Waals surface area contributed by atoms with Crippen LogP contribution in [0.4, 0.5) is 5.95 Å². The molecule has 1 aromatic rings. The summed E-state index contributed by atoms with van der Waals surface area (Å²) in [7, 11) is 1.62. The average molecular weight is 221 g/mol. The van der Waals surface area contributed by atoms with Crippen LogP contribution in [-0.4, -0.2) is 23.1 Å². The minimum absolute atomic E-state index is 0.532. The first kappa shape index (κ1) is 11.2. The van der Waals surface area contributed by atoms with Gasteiger partial charge in [-0.2, -0.15) is 0 Å². The molecule has 0 saturated heterocycles. The smallest absolute Gasteiger partial charge is 0.223 e. The summed E-state index contributed by atoms with van der Waals surface area (Å²) in [6.45, 7) is 2.32. The van der Waals surface area contributed by atoms with Crippen molar-refractivity contribution in [3.63, 3.8) is 0 Å². The lowest BCUT2D eigenvalue weighted by Crippen LogP contribution is -2.26. The lowest BCUT2D eigenvalue weighted by Gasteiger charge is -2.26. The van der Waals surface area contributed by atoms with Crippen LogP contribution in [0.2, 0.25) is 0 Å². The van der Waals surface area contributed by atoms with Crippen LogP contribution in [0.1, 0.15) is 32.6 Å². The van der Waals surface area contributed by atoms with E-state index in [9.17, 15) is 0 Å². The third-order valence-electron chi connectivity index (χ3n) is 3.21. The Balaban J connectivity index is 1.88. The molecule has 88 valence electrons. The molecule has 4 heteroatoms. The van der Waals surface area contributed by atoms with Crippen LogP contribution >= 0.6 is 0 Å². The summed E-state index contributed by atoms with van der Waals surface area (Å²) in [6, 6.07) is 0.532. The molecule has 1 heterocycles. The fraction of sp³-hybridized carbons (Fsp3) is 0.667. The molecule has 0 amide bonds. The summed E-state index contributed by atoms with van der Waals surface area (Å²) in [6.07, 6.45) is 8.43. The Kier molecular flexibility index (Phi) is 3.59. The number of anilines is 1. The Hall–Kier alpha value is -1.32. The van der Waals surface area contributed by atoms with Crippen molar-refractivity contribution in [1.82, 2.24) is 9.97 Å². The monoisotopic (exact) mass is 221 g/mol. The van der Waals surface area contributed by atoms with Gasteiger partial charge in [-0.3, -0.25) is 0 Å². The van der Waals surface area contributed by atoms with Gasteiger partial charge >= 0.3 is 0 Å². The maximum absolute atomic E-state index is 5.02. The van der Waals surface area contributed by atoms with Crippen LogP contribution in [0.5, 0.6) is 5.75 Å². The molecule has 0 aromatic carbocycles. The molecule has 1 saturated carbocycles. The Morgan fingerprint density at radius 1 is 1.19 bits per heavy atom. The van der Waals surface area contributed by atoms with Crippen molar-refractivity contribution in [3.8, 4) is 5.75 Å². The predicted molar refractivity (Wildman–Crippen MR) is 63.6 cm³/mol. The van der Waals surface area contributed by atoms with Crippen molar-refractivity contribution in [2.24, 2.45) is 5.92 Å². The van der Waals surface area contributed by atoms with Crippen LogP contribution in [-0.2, 0) is 0 Å². The number of hydrogen-bond donors (Lipinski definition) is 1. The van der Waals surface area contributed by atoms with E-state index < -0.39 is 0 Å². The van der Waals surface area contributed by atoms with E-state index in [0.29, 0.717) is 17.7 Å². The highest BCUT2D eigenvalue weighted by atomic mass is 16.5. The van der Waals surface area contributed by atoms with Crippen LogP contribution in [0.15, 0.2) is 12.4 Å². The van der Waals surface area contributed by atoms with Crippen molar-refractivity contribution in [1.29, 1.82) is 0 Å². The zero-order valence-corrected chi connectivity index (χ0v) is 9.94. The molecule has 1 aliphatic carbocycles. The van der Waals surface area contributed by atoms with E-state index in [1.54, 1.807) is 19.5 Å². The minimum atomic E-state index is 0.532. The molecule has 1 fully saturated rings. The van der Waals surface area contributed by atoms with E-state index in [1.807, 2.05) is 0 Å². The quantitative estimate of drug-likeness (QED) is 0.851. The first-order valence-electron chi connectivity index (χ1n) is 5.90. The van der Waals surface area contributed by atoms with Gasteiger partial charge < -0.3 is 10.1 Å². The summed E-state index contributed by atoms with van der Waals surface area (Å²) in [5, 5.41) is 3.37. The molecule has 0 atom stereocenters. The van der Waals surface area contributed by atoms with Crippen LogP contribution in [0.25, 0.3) is 0 Å². The first-order valence-corrected chi connectivity index (χ1v) is 5.90. The number of nitrogens with zero attached hydrogens (tertiary/aromatic N) is 2. The molecule has 16 heavy (non-hydrogen) atoms. The van der Waals surface area contributed by atoms with Crippen molar-refractivity contribution in [2.75, 3.05) is 12.4 Å². The molecule has 0 aliphatic heterocycles. The molecule has 1 aromatic heterocycles. The molecule has 0 unspecified atom stereocenters. The van der Waals surface area contributed by atoms with Crippen LogP contribution in [0, 0.1) is 5.92 Å². The summed E-state index contributed by atoms with van der Waals surface area (Å²) in [5.41, 5.74) is 0. The van der Waals surface area contributed by atoms with Gasteiger partial charge in [-0.05, 0) is 31.6 Å². The highest BCUT2D eigenvalue weighted by molar-refractivity contribution is 5.28. The summed E-state index contributed by atoms with van der Waals surface area (Å²) in [5.74, 6) is 2.28. The average Bonchev–Trinajstić information content (AvgIpc) is 2.33. The van der Waals surface area contributed by atoms with Gasteiger partial charge in [0.2, 0.25) is 5.95 Å². The first-order chi connectivity index (χ1) is 7.78. The highest BCUT2D eigenvalue weighted by Gasteiger charge is 2.18. The summed E-state index contributed by atoms with van der Waals surface area (Å²) >= 11 is 0. The minimum Gasteiger partial charge on any atom is -0.494 e. The van der Waals surface area contributed by atoms with Gasteiger partial charge in [-0.1, -0.05) is 6.92 Å². The highest BCUT2D eigenvalue weighted by Crippen LogP contribution is 2.25. The zero-order valence-electron chi connectivity index (χ0n) is 9.94. The van der Waals surface area contributed by atoms with Gasteiger partial charge in [-0.25, -0.2) is 9.97 Å². The lowest BCUT2D eigenvalue weighted by molar-refractivity contribution is 0.360. The maximum Gasteiger partial charge on any atom is 0.223 e. The van der Waals surface area contributed by atoms with Gasteiger partial charge in [0.1, 0.15) is 0 Å². The number of nitrogens with one attached hydrogen (secondary N) is 1. The predicted octanol–water partition coefficient (Wildman–Crippen LogP) is 2.48. The maximum atomic E-state index is 5.02. The summed E-state index contributed by atoms with van der Waals surface area (Å²) in [4.78, 5) is 8.43. The van der Waals surface area contributed by atoms with Crippen molar-refractivity contribution in [3.05, 3.63) is 12.4 Å². The number of aromatic nitrogens is 2. The van der Waals surface area contributed by atoms with E-state index in [2.05, 4.69) is 22.2 Å². The number of hydrogen-bond acceptors (Lipinski definition) is 4. The molecule has 0 radical (unpaired) electrons. The third kappa shape index (κ3) is 2.84. The van der Waals surface area contributed by atoms with Gasteiger partial charge in [0.05, 0.1) is 19.5 Å². The van der Waals surface area contributed by atoms with Gasteiger partial charge in [0.25, 0.3) is 0 Å². The molecular weight excluding hydrogens is 202 g/mol. The third-order valence-corrected chi connectivity index (χ3v) is 3.21. The normalized spacial score (nSPS) is 25.1. The topological polar surface area (TPSA) is 47.0 Å². The van der Waals surface area contributed by atoms with E-state index in [4.69, 9.17) is 4.74 Å². The van der Waals surface area contributed by atoms with Gasteiger partial charge in [0.15, 0.2) is 5.75 Å². The van der Waals surface area contributed by atoms with E-state index in [0.717, 1.165) is 5.92 Å². The van der Waals surface area contributed by atoms with Crippen LogP contribution in [0.3, 0.4) is 0 Å². The largest absolute Gasteiger partial charge is 0.494 e. The zero-order chi connectivity index (χ0) is 11.4. The van der Waals surface area contributed by atoms with Crippen LogP contribution < -0.4 is 10.1 Å². The Morgan fingerprint density at radius 2 is 1.81 bits per heavy atom. The molecule has 0 bridgehead atoms. The van der Waals surface area contributed by atoms with Crippen molar-refractivity contribution >= 4 is 5.95 Å². The fourth-order valence-corrected chi connectivity index (χ4v) is 2.08. The van der Waals surface area contributed by atoms with Gasteiger partial charge in [0, 0.05) is 6.04 Å². The Bertz CT molecular complexity index is 318. The summed E-state index contributed by atoms with van der Waals surface area (Å²) < 4.78 is 5.02. The molecule has 1 aliphatic rings. The van der Waals surface area contributed by atoms with E-state index in [1.165, 1.54) is 25.7 Å².